The molecule has 1 amide bonds. The predicted molar refractivity (Wildman–Crippen MR) is 64.8 cm³/mol. The number of hydrogen-bond donors (Lipinski definition) is 0. The summed E-state index contributed by atoms with van der Waals surface area (Å²) in [7, 11) is 3.26. The number of methoxy groups -OCH3 is 1. The molecule has 1 atom stereocenters. The van der Waals surface area contributed by atoms with E-state index in [-0.39, 0.29) is 11.9 Å². The summed E-state index contributed by atoms with van der Waals surface area (Å²) in [5.74, 6) is 0.545. The van der Waals surface area contributed by atoms with Crippen LogP contribution in [0.15, 0.2) is 24.3 Å². The Morgan fingerprint density at radius 3 is 2.88 bits per heavy atom. The summed E-state index contributed by atoms with van der Waals surface area (Å²) >= 11 is 0. The van der Waals surface area contributed by atoms with Crippen LogP contribution in [0.25, 0.3) is 0 Å². The second-order valence-electron chi connectivity index (χ2n) is 3.86. The predicted octanol–water partition coefficient (Wildman–Crippen LogP) is 2.07. The maximum absolute atomic E-state index is 12.1. The molecule has 0 saturated carbocycles. The van der Waals surface area contributed by atoms with Crippen LogP contribution in [0.2, 0.25) is 0 Å². The highest BCUT2D eigenvalue weighted by atomic mass is 16.5. The number of nitriles is 1. The Hall–Kier alpha value is -2.02. The summed E-state index contributed by atoms with van der Waals surface area (Å²) in [4.78, 5) is 13.7. The van der Waals surface area contributed by atoms with Crippen LogP contribution in [0, 0.1) is 11.3 Å². The number of amides is 1. The van der Waals surface area contributed by atoms with Crippen LogP contribution in [0.4, 0.5) is 0 Å². The first kappa shape index (κ1) is 13.0. The summed E-state index contributed by atoms with van der Waals surface area (Å²) in [6.07, 6.45) is 0.326. The molecular formula is C13H16N2O2. The van der Waals surface area contributed by atoms with E-state index in [2.05, 4.69) is 6.07 Å². The van der Waals surface area contributed by atoms with E-state index in [1.54, 1.807) is 43.3 Å². The Morgan fingerprint density at radius 1 is 1.59 bits per heavy atom. The van der Waals surface area contributed by atoms with E-state index >= 15 is 0 Å². The van der Waals surface area contributed by atoms with Gasteiger partial charge in [-0.2, -0.15) is 5.26 Å². The molecule has 0 aliphatic rings. The van der Waals surface area contributed by atoms with Crippen molar-refractivity contribution in [3.8, 4) is 11.8 Å². The van der Waals surface area contributed by atoms with E-state index in [4.69, 9.17) is 10.00 Å². The summed E-state index contributed by atoms with van der Waals surface area (Å²) in [5.41, 5.74) is 0.566. The van der Waals surface area contributed by atoms with Gasteiger partial charge >= 0.3 is 0 Å². The highest BCUT2D eigenvalue weighted by molar-refractivity contribution is 5.94. The van der Waals surface area contributed by atoms with E-state index in [0.29, 0.717) is 17.7 Å². The van der Waals surface area contributed by atoms with Crippen molar-refractivity contribution in [1.29, 1.82) is 5.26 Å². The number of ether oxygens (including phenoxy) is 1. The van der Waals surface area contributed by atoms with Crippen molar-refractivity contribution in [2.75, 3.05) is 14.2 Å². The summed E-state index contributed by atoms with van der Waals surface area (Å²) in [6, 6.07) is 8.95. The minimum Gasteiger partial charge on any atom is -0.497 e. The van der Waals surface area contributed by atoms with Crippen LogP contribution < -0.4 is 4.74 Å². The van der Waals surface area contributed by atoms with E-state index in [1.807, 2.05) is 6.92 Å². The van der Waals surface area contributed by atoms with Gasteiger partial charge in [-0.25, -0.2) is 0 Å². The lowest BCUT2D eigenvalue weighted by molar-refractivity contribution is 0.0746. The van der Waals surface area contributed by atoms with Gasteiger partial charge in [0, 0.05) is 18.7 Å². The molecule has 0 fully saturated rings. The van der Waals surface area contributed by atoms with E-state index < -0.39 is 0 Å². The molecule has 0 heterocycles. The largest absolute Gasteiger partial charge is 0.497 e. The van der Waals surface area contributed by atoms with Crippen molar-refractivity contribution in [3.05, 3.63) is 29.8 Å². The van der Waals surface area contributed by atoms with Gasteiger partial charge in [-0.3, -0.25) is 4.79 Å². The van der Waals surface area contributed by atoms with Crippen LogP contribution in [0.1, 0.15) is 23.7 Å². The molecule has 0 aromatic heterocycles. The molecule has 90 valence electrons. The van der Waals surface area contributed by atoms with Gasteiger partial charge in [-0.05, 0) is 25.1 Å². The van der Waals surface area contributed by atoms with Crippen molar-refractivity contribution >= 4 is 5.91 Å². The third-order valence-electron chi connectivity index (χ3n) is 2.68. The summed E-state index contributed by atoms with van der Waals surface area (Å²) < 4.78 is 5.07. The average Bonchev–Trinajstić information content (AvgIpc) is 2.37. The van der Waals surface area contributed by atoms with Gasteiger partial charge in [-0.1, -0.05) is 6.07 Å². The Kier molecular flexibility index (Phi) is 4.53. The minimum absolute atomic E-state index is 0.0984. The maximum atomic E-state index is 12.1. The molecule has 0 saturated heterocycles. The van der Waals surface area contributed by atoms with Crippen LogP contribution in [-0.4, -0.2) is 31.0 Å². The third-order valence-corrected chi connectivity index (χ3v) is 2.68. The van der Waals surface area contributed by atoms with E-state index in [1.165, 1.54) is 0 Å². The molecule has 1 unspecified atom stereocenters. The standard InChI is InChI=1S/C13H16N2O2/c1-10(7-8-14)15(2)13(16)11-5-4-6-12(9-11)17-3/h4-6,9-10H,7H2,1-3H3. The summed E-state index contributed by atoms with van der Waals surface area (Å²) in [5, 5.41) is 8.61. The Morgan fingerprint density at radius 2 is 2.29 bits per heavy atom. The molecule has 0 aliphatic heterocycles. The smallest absolute Gasteiger partial charge is 0.254 e. The van der Waals surface area contributed by atoms with Crippen LogP contribution >= 0.6 is 0 Å². The number of carbonyl (C=O) groups is 1. The second-order valence-corrected chi connectivity index (χ2v) is 3.86. The zero-order valence-corrected chi connectivity index (χ0v) is 10.3. The number of carbonyl (C=O) groups excluding carboxylic acids is 1. The van der Waals surface area contributed by atoms with Gasteiger partial charge in [0.2, 0.25) is 0 Å². The Balaban J connectivity index is 2.85. The average molecular weight is 232 g/mol. The quantitative estimate of drug-likeness (QED) is 0.798. The van der Waals surface area contributed by atoms with Crippen molar-refractivity contribution < 1.29 is 9.53 Å². The van der Waals surface area contributed by atoms with Crippen LogP contribution in [0.3, 0.4) is 0 Å². The molecule has 4 nitrogen and oxygen atoms in total. The zero-order valence-electron chi connectivity index (χ0n) is 10.3. The number of nitrogens with zero attached hydrogens (tertiary/aromatic N) is 2. The van der Waals surface area contributed by atoms with Gasteiger partial charge < -0.3 is 9.64 Å². The normalized spacial score (nSPS) is 11.4. The first-order chi connectivity index (χ1) is 8.10. The lowest BCUT2D eigenvalue weighted by Gasteiger charge is -2.23. The maximum Gasteiger partial charge on any atom is 0.254 e. The van der Waals surface area contributed by atoms with Gasteiger partial charge in [0.1, 0.15) is 5.75 Å². The fourth-order valence-corrected chi connectivity index (χ4v) is 1.43. The lowest BCUT2D eigenvalue weighted by Crippen LogP contribution is -2.34. The topological polar surface area (TPSA) is 53.3 Å². The molecule has 0 bridgehead atoms. The third kappa shape index (κ3) is 3.22. The Bertz CT molecular complexity index is 437. The molecule has 4 heteroatoms. The molecule has 1 rings (SSSR count). The number of rotatable bonds is 4. The minimum atomic E-state index is -0.105. The molecule has 0 aliphatic carbocycles. The van der Waals surface area contributed by atoms with Crippen molar-refractivity contribution in [3.63, 3.8) is 0 Å². The number of hydrogen-bond acceptors (Lipinski definition) is 3. The summed E-state index contributed by atoms with van der Waals surface area (Å²) in [6.45, 7) is 1.85. The molecule has 0 spiro atoms. The van der Waals surface area contributed by atoms with Gasteiger partial charge in [0.05, 0.1) is 19.6 Å². The van der Waals surface area contributed by atoms with Gasteiger partial charge in [-0.15, -0.1) is 0 Å². The molecule has 17 heavy (non-hydrogen) atoms. The first-order valence-electron chi connectivity index (χ1n) is 5.38. The second kappa shape index (κ2) is 5.90. The monoisotopic (exact) mass is 232 g/mol. The molecule has 1 aromatic carbocycles. The zero-order chi connectivity index (χ0) is 12.8. The Labute approximate surface area is 101 Å². The van der Waals surface area contributed by atoms with Crippen LogP contribution in [0.5, 0.6) is 5.75 Å². The van der Waals surface area contributed by atoms with Gasteiger partial charge in [0.15, 0.2) is 0 Å². The van der Waals surface area contributed by atoms with Crippen molar-refractivity contribution in [2.45, 2.75) is 19.4 Å². The molecule has 0 N–H and O–H groups in total. The van der Waals surface area contributed by atoms with Crippen molar-refractivity contribution in [2.24, 2.45) is 0 Å². The molecule has 0 radical (unpaired) electrons. The fourth-order valence-electron chi connectivity index (χ4n) is 1.43. The van der Waals surface area contributed by atoms with Crippen molar-refractivity contribution in [1.82, 2.24) is 4.90 Å². The van der Waals surface area contributed by atoms with E-state index in [0.717, 1.165) is 0 Å². The fraction of sp³-hybridized carbons (Fsp3) is 0.385. The van der Waals surface area contributed by atoms with E-state index in [9.17, 15) is 4.79 Å². The molecular weight excluding hydrogens is 216 g/mol. The van der Waals surface area contributed by atoms with Gasteiger partial charge in [0.25, 0.3) is 5.91 Å². The number of benzene rings is 1. The van der Waals surface area contributed by atoms with Crippen LogP contribution in [-0.2, 0) is 0 Å². The lowest BCUT2D eigenvalue weighted by atomic mass is 10.1. The molecule has 1 aromatic rings. The first-order valence-corrected chi connectivity index (χ1v) is 5.38. The highest BCUT2D eigenvalue weighted by Crippen LogP contribution is 2.15. The SMILES string of the molecule is COc1cccc(C(=O)N(C)C(C)CC#N)c1. The highest BCUT2D eigenvalue weighted by Gasteiger charge is 2.17.